The predicted molar refractivity (Wildman–Crippen MR) is 77.7 cm³/mol. The third kappa shape index (κ3) is 2.55. The number of rotatable bonds is 4. The summed E-state index contributed by atoms with van der Waals surface area (Å²) in [6.07, 6.45) is -0.0545. The van der Waals surface area contributed by atoms with E-state index >= 15 is 0 Å². The Balaban J connectivity index is 1.94. The molecule has 0 aromatic heterocycles. The molecule has 1 unspecified atom stereocenters. The summed E-state index contributed by atoms with van der Waals surface area (Å²) < 4.78 is 5.07. The molecule has 1 heterocycles. The van der Waals surface area contributed by atoms with Gasteiger partial charge in [-0.15, -0.1) is 0 Å². The zero-order valence-electron chi connectivity index (χ0n) is 12.5. The van der Waals surface area contributed by atoms with Crippen LogP contribution < -0.4 is 4.74 Å². The predicted octanol–water partition coefficient (Wildman–Crippen LogP) is 0.437. The molecule has 1 aliphatic heterocycles. The molecule has 1 saturated carbocycles. The number of benzene rings is 1. The number of nitrogens with zero attached hydrogens (tertiary/aromatic N) is 1. The lowest BCUT2D eigenvalue weighted by Crippen LogP contribution is -2.47. The second-order valence-corrected chi connectivity index (χ2v) is 5.58. The van der Waals surface area contributed by atoms with Crippen molar-refractivity contribution in [1.82, 2.24) is 4.90 Å². The van der Waals surface area contributed by atoms with Crippen LogP contribution in [0.5, 0.6) is 5.75 Å². The smallest absolute Gasteiger partial charge is 0.341 e. The van der Waals surface area contributed by atoms with Crippen molar-refractivity contribution in [2.75, 3.05) is 6.61 Å². The second-order valence-electron chi connectivity index (χ2n) is 5.58. The van der Waals surface area contributed by atoms with E-state index in [9.17, 15) is 24.0 Å². The molecule has 0 radical (unpaired) electrons. The minimum Gasteiger partial charge on any atom is -0.481 e. The minimum absolute atomic E-state index is 0.0184. The molecule has 1 atom stereocenters. The molecule has 8 nitrogen and oxygen atoms in total. The SMILES string of the molecule is O=C(O)COc1cccc2c1C(=O)N(C1CCC(=O)CC1=O)C2=O. The van der Waals surface area contributed by atoms with Crippen LogP contribution in [0.1, 0.15) is 40.0 Å². The number of imide groups is 1. The lowest BCUT2D eigenvalue weighted by molar-refractivity contribution is -0.139. The van der Waals surface area contributed by atoms with E-state index in [4.69, 9.17) is 9.84 Å². The molecule has 1 aromatic rings. The molecule has 24 heavy (non-hydrogen) atoms. The summed E-state index contributed by atoms with van der Waals surface area (Å²) in [6.45, 7) is -0.658. The first kappa shape index (κ1) is 15.9. The fourth-order valence-electron chi connectivity index (χ4n) is 2.95. The number of fused-ring (bicyclic) bond motifs is 1. The van der Waals surface area contributed by atoms with Crippen LogP contribution >= 0.6 is 0 Å². The number of carboxylic acid groups (broad SMARTS) is 1. The molecular formula is C16H13NO7. The molecule has 3 rings (SSSR count). The van der Waals surface area contributed by atoms with Gasteiger partial charge in [0.2, 0.25) is 0 Å². The molecule has 1 N–H and O–H groups in total. The number of hydrogen-bond acceptors (Lipinski definition) is 6. The van der Waals surface area contributed by atoms with E-state index < -0.39 is 36.2 Å². The van der Waals surface area contributed by atoms with Gasteiger partial charge in [-0.1, -0.05) is 6.07 Å². The third-order valence-corrected chi connectivity index (χ3v) is 4.01. The number of hydrogen-bond donors (Lipinski definition) is 1. The Bertz CT molecular complexity index is 783. The van der Waals surface area contributed by atoms with E-state index in [1.54, 1.807) is 0 Å². The van der Waals surface area contributed by atoms with Gasteiger partial charge >= 0.3 is 5.97 Å². The van der Waals surface area contributed by atoms with E-state index in [0.29, 0.717) is 0 Å². The highest BCUT2D eigenvalue weighted by atomic mass is 16.5. The van der Waals surface area contributed by atoms with Crippen molar-refractivity contribution < 1.29 is 33.8 Å². The van der Waals surface area contributed by atoms with Gasteiger partial charge in [-0.05, 0) is 18.6 Å². The van der Waals surface area contributed by atoms with Crippen molar-refractivity contribution in [3.05, 3.63) is 29.3 Å². The summed E-state index contributed by atoms with van der Waals surface area (Å²) in [7, 11) is 0. The molecule has 1 aliphatic carbocycles. The number of ketones is 2. The maximum Gasteiger partial charge on any atom is 0.341 e. The van der Waals surface area contributed by atoms with Crippen molar-refractivity contribution in [2.45, 2.75) is 25.3 Å². The summed E-state index contributed by atoms with van der Waals surface area (Å²) in [5.41, 5.74) is 0.0149. The zero-order valence-corrected chi connectivity index (χ0v) is 12.5. The largest absolute Gasteiger partial charge is 0.481 e. The first-order valence-corrected chi connectivity index (χ1v) is 7.30. The maximum absolute atomic E-state index is 12.6. The first-order valence-electron chi connectivity index (χ1n) is 7.30. The van der Waals surface area contributed by atoms with Crippen LogP contribution in [0.2, 0.25) is 0 Å². The number of carbonyl (C=O) groups excluding carboxylic acids is 4. The van der Waals surface area contributed by atoms with Gasteiger partial charge in [-0.2, -0.15) is 0 Å². The average Bonchev–Trinajstić information content (AvgIpc) is 2.78. The Morgan fingerprint density at radius 2 is 1.96 bits per heavy atom. The molecule has 1 fully saturated rings. The highest BCUT2D eigenvalue weighted by Crippen LogP contribution is 2.34. The van der Waals surface area contributed by atoms with Crippen molar-refractivity contribution in [2.24, 2.45) is 0 Å². The van der Waals surface area contributed by atoms with Crippen LogP contribution in [0.3, 0.4) is 0 Å². The minimum atomic E-state index is -1.22. The summed E-state index contributed by atoms with van der Waals surface area (Å²) in [5, 5.41) is 8.69. The molecule has 2 aliphatic rings. The monoisotopic (exact) mass is 331 g/mol. The van der Waals surface area contributed by atoms with Gasteiger partial charge in [0.25, 0.3) is 11.8 Å². The third-order valence-electron chi connectivity index (χ3n) is 4.01. The quantitative estimate of drug-likeness (QED) is 0.628. The summed E-state index contributed by atoms with van der Waals surface area (Å²) in [5.74, 6) is -3.25. The van der Waals surface area contributed by atoms with Gasteiger partial charge in [-0.3, -0.25) is 24.1 Å². The van der Waals surface area contributed by atoms with Crippen molar-refractivity contribution >= 4 is 29.4 Å². The molecule has 124 valence electrons. The Labute approximate surface area is 136 Å². The average molecular weight is 331 g/mol. The van der Waals surface area contributed by atoms with Gasteiger partial charge in [0.1, 0.15) is 11.5 Å². The van der Waals surface area contributed by atoms with Crippen molar-refractivity contribution in [3.63, 3.8) is 0 Å². The van der Waals surface area contributed by atoms with Gasteiger partial charge in [0, 0.05) is 6.42 Å². The topological polar surface area (TPSA) is 118 Å². The molecule has 0 spiro atoms. The number of Topliss-reactive ketones (excluding diaryl/α,β-unsaturated/α-hetero) is 2. The zero-order chi connectivity index (χ0) is 17.4. The van der Waals surface area contributed by atoms with E-state index in [-0.39, 0.29) is 41.9 Å². The number of carbonyl (C=O) groups is 5. The molecule has 2 amide bonds. The van der Waals surface area contributed by atoms with E-state index in [1.165, 1.54) is 18.2 Å². The highest BCUT2D eigenvalue weighted by molar-refractivity contribution is 6.24. The van der Waals surface area contributed by atoms with E-state index in [0.717, 1.165) is 4.90 Å². The number of ether oxygens (including phenoxy) is 1. The number of amides is 2. The van der Waals surface area contributed by atoms with E-state index in [2.05, 4.69) is 0 Å². The van der Waals surface area contributed by atoms with Crippen LogP contribution in [-0.2, 0) is 14.4 Å². The second kappa shape index (κ2) is 5.88. The Morgan fingerprint density at radius 1 is 1.21 bits per heavy atom. The molecule has 1 aromatic carbocycles. The molecular weight excluding hydrogens is 318 g/mol. The maximum atomic E-state index is 12.6. The van der Waals surface area contributed by atoms with Crippen molar-refractivity contribution in [3.8, 4) is 5.75 Å². The standard InChI is InChI=1S/C16H13NO7/c18-8-4-5-10(11(19)6-8)17-15(22)9-2-1-3-12(14(9)16(17)23)24-7-13(20)21/h1-3,10H,4-7H2,(H,20,21). The summed E-state index contributed by atoms with van der Waals surface area (Å²) >= 11 is 0. The normalized spacial score (nSPS) is 20.3. The summed E-state index contributed by atoms with van der Waals surface area (Å²) in [4.78, 5) is 60.0. The van der Waals surface area contributed by atoms with Gasteiger partial charge in [0.05, 0.1) is 23.6 Å². The van der Waals surface area contributed by atoms with Gasteiger partial charge in [0.15, 0.2) is 12.4 Å². The highest BCUT2D eigenvalue weighted by Gasteiger charge is 2.45. The Hall–Kier alpha value is -3.03. The fraction of sp³-hybridized carbons (Fsp3) is 0.312. The lowest BCUT2D eigenvalue weighted by Gasteiger charge is -2.27. The lowest BCUT2D eigenvalue weighted by atomic mass is 9.92. The number of carboxylic acids is 1. The van der Waals surface area contributed by atoms with Crippen LogP contribution in [0.15, 0.2) is 18.2 Å². The van der Waals surface area contributed by atoms with Gasteiger partial charge < -0.3 is 9.84 Å². The fourth-order valence-corrected chi connectivity index (χ4v) is 2.95. The molecule has 0 bridgehead atoms. The molecule has 0 saturated heterocycles. The Kier molecular flexibility index (Phi) is 3.88. The molecule has 8 heteroatoms. The Morgan fingerprint density at radius 3 is 2.62 bits per heavy atom. The van der Waals surface area contributed by atoms with Crippen LogP contribution in [0.4, 0.5) is 0 Å². The van der Waals surface area contributed by atoms with Crippen LogP contribution in [0, 0.1) is 0 Å². The van der Waals surface area contributed by atoms with E-state index in [1.807, 2.05) is 0 Å². The van der Waals surface area contributed by atoms with Crippen LogP contribution in [-0.4, -0.2) is 52.0 Å². The van der Waals surface area contributed by atoms with Crippen molar-refractivity contribution in [1.29, 1.82) is 0 Å². The number of aliphatic carboxylic acids is 1. The first-order chi connectivity index (χ1) is 11.4. The van der Waals surface area contributed by atoms with Crippen LogP contribution in [0.25, 0.3) is 0 Å². The van der Waals surface area contributed by atoms with Gasteiger partial charge in [-0.25, -0.2) is 4.79 Å². The summed E-state index contributed by atoms with van der Waals surface area (Å²) in [6, 6.07) is 3.31.